The van der Waals surface area contributed by atoms with Gasteiger partial charge in [-0.2, -0.15) is 0 Å². The van der Waals surface area contributed by atoms with Gasteiger partial charge in [-0.05, 0) is 30.3 Å². The first-order valence-electron chi connectivity index (χ1n) is 10.1. The molecule has 8 heteroatoms. The monoisotopic (exact) mass is 430 g/mol. The lowest BCUT2D eigenvalue weighted by atomic mass is 10.1. The number of amides is 1. The largest absolute Gasteiger partial charge is 0.497 e. The van der Waals surface area contributed by atoms with Crippen LogP contribution in [0.4, 0.5) is 0 Å². The zero-order chi connectivity index (χ0) is 22.2. The van der Waals surface area contributed by atoms with Crippen molar-refractivity contribution in [3.05, 3.63) is 42.0 Å². The molecule has 0 bridgehead atoms. The van der Waals surface area contributed by atoms with Crippen LogP contribution in [0.15, 0.2) is 36.4 Å². The summed E-state index contributed by atoms with van der Waals surface area (Å²) in [6.07, 6.45) is 0. The zero-order valence-corrected chi connectivity index (χ0v) is 18.6. The Bertz CT molecular complexity index is 863. The average Bonchev–Trinajstić information content (AvgIpc) is 2.83. The van der Waals surface area contributed by atoms with E-state index in [0.717, 1.165) is 30.2 Å². The van der Waals surface area contributed by atoms with Gasteiger partial charge in [0.2, 0.25) is 0 Å². The van der Waals surface area contributed by atoms with E-state index in [1.165, 1.54) is 0 Å². The Labute approximate surface area is 183 Å². The Morgan fingerprint density at radius 2 is 1.35 bits per heavy atom. The van der Waals surface area contributed by atoms with Crippen LogP contribution in [0.25, 0.3) is 0 Å². The van der Waals surface area contributed by atoms with E-state index in [2.05, 4.69) is 4.90 Å². The number of methoxy groups -OCH3 is 4. The van der Waals surface area contributed by atoms with Gasteiger partial charge in [0.15, 0.2) is 18.1 Å². The highest BCUT2D eigenvalue weighted by atomic mass is 16.5. The van der Waals surface area contributed by atoms with Crippen LogP contribution in [0.1, 0.15) is 5.56 Å². The van der Waals surface area contributed by atoms with Crippen LogP contribution in [0.3, 0.4) is 0 Å². The Kier molecular flexibility index (Phi) is 7.83. The van der Waals surface area contributed by atoms with Gasteiger partial charge in [-0.25, -0.2) is 0 Å². The number of carbonyl (C=O) groups excluding carboxylic acids is 1. The fourth-order valence-electron chi connectivity index (χ4n) is 3.52. The third-order valence-corrected chi connectivity index (χ3v) is 5.33. The molecule has 0 aliphatic carbocycles. The lowest BCUT2D eigenvalue weighted by molar-refractivity contribution is -0.135. The molecule has 0 unspecified atom stereocenters. The van der Waals surface area contributed by atoms with Crippen molar-refractivity contribution in [1.29, 1.82) is 0 Å². The van der Waals surface area contributed by atoms with Gasteiger partial charge in [0.05, 0.1) is 28.4 Å². The number of rotatable bonds is 9. The predicted octanol–water partition coefficient (Wildman–Crippen LogP) is 2.44. The molecule has 0 spiro atoms. The number of piperazine rings is 1. The van der Waals surface area contributed by atoms with E-state index in [-0.39, 0.29) is 12.5 Å². The minimum absolute atomic E-state index is 0.0147. The molecule has 168 valence electrons. The highest BCUT2D eigenvalue weighted by Gasteiger charge is 2.23. The van der Waals surface area contributed by atoms with E-state index in [9.17, 15) is 4.79 Å². The van der Waals surface area contributed by atoms with Gasteiger partial charge in [0, 0.05) is 44.4 Å². The molecule has 3 rings (SSSR count). The SMILES string of the molecule is COc1ccc(OCC(=O)N2CCN(Cc3cc(OC)c(OC)cc3OC)CC2)cc1. The number of benzene rings is 2. The van der Waals surface area contributed by atoms with Crippen molar-refractivity contribution in [2.24, 2.45) is 0 Å². The first-order chi connectivity index (χ1) is 15.1. The lowest BCUT2D eigenvalue weighted by Gasteiger charge is -2.35. The van der Waals surface area contributed by atoms with Crippen LogP contribution >= 0.6 is 0 Å². The van der Waals surface area contributed by atoms with E-state index in [4.69, 9.17) is 23.7 Å². The Balaban J connectivity index is 1.51. The minimum atomic E-state index is -0.0147. The van der Waals surface area contributed by atoms with Crippen LogP contribution in [-0.2, 0) is 11.3 Å². The van der Waals surface area contributed by atoms with Crippen LogP contribution in [0, 0.1) is 0 Å². The third kappa shape index (κ3) is 5.73. The normalized spacial score (nSPS) is 14.1. The van der Waals surface area contributed by atoms with E-state index in [1.807, 2.05) is 17.0 Å². The standard InChI is InChI=1S/C23H30N2O6/c1-27-18-5-7-19(8-6-18)31-16-23(26)25-11-9-24(10-12-25)15-17-13-21(29-3)22(30-4)14-20(17)28-2/h5-8,13-14H,9-12,15-16H2,1-4H3. The quantitative estimate of drug-likeness (QED) is 0.605. The van der Waals surface area contributed by atoms with Gasteiger partial charge >= 0.3 is 0 Å². The van der Waals surface area contributed by atoms with Gasteiger partial charge in [0.1, 0.15) is 17.2 Å². The summed E-state index contributed by atoms with van der Waals surface area (Å²) >= 11 is 0. The molecule has 31 heavy (non-hydrogen) atoms. The second-order valence-electron chi connectivity index (χ2n) is 7.14. The molecule has 2 aromatic carbocycles. The molecule has 0 N–H and O–H groups in total. The molecule has 1 aliphatic rings. The van der Waals surface area contributed by atoms with Gasteiger partial charge in [-0.15, -0.1) is 0 Å². The summed E-state index contributed by atoms with van der Waals surface area (Å²) in [6.45, 7) is 3.57. The van der Waals surface area contributed by atoms with Crippen molar-refractivity contribution in [3.8, 4) is 28.7 Å². The maximum absolute atomic E-state index is 12.5. The number of hydrogen-bond acceptors (Lipinski definition) is 7. The van der Waals surface area contributed by atoms with Gasteiger partial charge in [-0.3, -0.25) is 9.69 Å². The molecule has 0 atom stereocenters. The van der Waals surface area contributed by atoms with Crippen molar-refractivity contribution in [2.75, 3.05) is 61.2 Å². The van der Waals surface area contributed by atoms with Crippen molar-refractivity contribution >= 4 is 5.91 Å². The molecule has 1 saturated heterocycles. The Hall–Kier alpha value is -3.13. The van der Waals surface area contributed by atoms with Gasteiger partial charge in [-0.1, -0.05) is 0 Å². The van der Waals surface area contributed by atoms with Crippen molar-refractivity contribution in [2.45, 2.75) is 6.54 Å². The summed E-state index contributed by atoms with van der Waals surface area (Å²) < 4.78 is 27.0. The fourth-order valence-corrected chi connectivity index (χ4v) is 3.52. The molecule has 1 aliphatic heterocycles. The first-order valence-corrected chi connectivity index (χ1v) is 10.1. The Morgan fingerprint density at radius 1 is 0.774 bits per heavy atom. The molecule has 1 amide bonds. The van der Waals surface area contributed by atoms with E-state index in [1.54, 1.807) is 52.7 Å². The molecular weight excluding hydrogens is 400 g/mol. The summed E-state index contributed by atoms with van der Waals surface area (Å²) in [7, 11) is 6.47. The number of carbonyl (C=O) groups is 1. The third-order valence-electron chi connectivity index (χ3n) is 5.33. The molecule has 0 saturated carbocycles. The van der Waals surface area contributed by atoms with Gasteiger partial charge in [0.25, 0.3) is 5.91 Å². The lowest BCUT2D eigenvalue weighted by Crippen LogP contribution is -2.49. The summed E-state index contributed by atoms with van der Waals surface area (Å²) in [5.41, 5.74) is 1.02. The topological polar surface area (TPSA) is 69.7 Å². The smallest absolute Gasteiger partial charge is 0.260 e. The molecule has 8 nitrogen and oxygen atoms in total. The van der Waals surface area contributed by atoms with Crippen LogP contribution in [0.2, 0.25) is 0 Å². The molecule has 0 aromatic heterocycles. The highest BCUT2D eigenvalue weighted by molar-refractivity contribution is 5.77. The van der Waals surface area contributed by atoms with Crippen LogP contribution < -0.4 is 23.7 Å². The average molecular weight is 431 g/mol. The maximum atomic E-state index is 12.5. The van der Waals surface area contributed by atoms with E-state index in [0.29, 0.717) is 36.9 Å². The van der Waals surface area contributed by atoms with Crippen LogP contribution in [-0.4, -0.2) is 76.9 Å². The van der Waals surface area contributed by atoms with E-state index >= 15 is 0 Å². The zero-order valence-electron chi connectivity index (χ0n) is 18.6. The van der Waals surface area contributed by atoms with Crippen LogP contribution in [0.5, 0.6) is 28.7 Å². The molecule has 1 fully saturated rings. The van der Waals surface area contributed by atoms with Crippen molar-refractivity contribution in [1.82, 2.24) is 9.80 Å². The molecule has 1 heterocycles. The molecule has 2 aromatic rings. The summed E-state index contributed by atoms with van der Waals surface area (Å²) in [6, 6.07) is 11.0. The van der Waals surface area contributed by atoms with Crippen molar-refractivity contribution in [3.63, 3.8) is 0 Å². The highest BCUT2D eigenvalue weighted by Crippen LogP contribution is 2.35. The second-order valence-corrected chi connectivity index (χ2v) is 7.14. The minimum Gasteiger partial charge on any atom is -0.497 e. The number of hydrogen-bond donors (Lipinski definition) is 0. The summed E-state index contributed by atoms with van der Waals surface area (Å²) in [4.78, 5) is 16.7. The molecular formula is C23H30N2O6. The summed E-state index contributed by atoms with van der Waals surface area (Å²) in [5, 5.41) is 0. The van der Waals surface area contributed by atoms with Gasteiger partial charge < -0.3 is 28.6 Å². The predicted molar refractivity (Wildman–Crippen MR) is 116 cm³/mol. The second kappa shape index (κ2) is 10.8. The Morgan fingerprint density at radius 3 is 1.94 bits per heavy atom. The maximum Gasteiger partial charge on any atom is 0.260 e. The van der Waals surface area contributed by atoms with E-state index < -0.39 is 0 Å². The number of ether oxygens (including phenoxy) is 5. The fraction of sp³-hybridized carbons (Fsp3) is 0.435. The summed E-state index contributed by atoms with van der Waals surface area (Å²) in [5.74, 6) is 3.44. The number of nitrogens with zero attached hydrogens (tertiary/aromatic N) is 2. The van der Waals surface area contributed by atoms with Crippen molar-refractivity contribution < 1.29 is 28.5 Å². The first kappa shape index (κ1) is 22.6. The molecule has 0 radical (unpaired) electrons.